The summed E-state index contributed by atoms with van der Waals surface area (Å²) in [4.78, 5) is 8.91. The van der Waals surface area contributed by atoms with Gasteiger partial charge in [-0.15, -0.1) is 11.3 Å². The van der Waals surface area contributed by atoms with Gasteiger partial charge < -0.3 is 10.5 Å². The monoisotopic (exact) mass is 311 g/mol. The van der Waals surface area contributed by atoms with Gasteiger partial charge in [0.15, 0.2) is 5.82 Å². The van der Waals surface area contributed by atoms with Crippen LogP contribution in [0.3, 0.4) is 0 Å². The Balaban J connectivity index is 2.10. The van der Waals surface area contributed by atoms with Gasteiger partial charge in [-0.05, 0) is 22.0 Å². The van der Waals surface area contributed by atoms with E-state index in [9.17, 15) is 0 Å². The van der Waals surface area contributed by atoms with Crippen LogP contribution in [0.1, 0.15) is 11.3 Å². The van der Waals surface area contributed by atoms with Gasteiger partial charge in [0.1, 0.15) is 5.82 Å². The standard InChI is InChI=1S/C11H10BrN3OS/c12-9-3-6(5-17-9)11-14-8-1-2-16-4-7(8)10(13)15-11/h3,5H,1-2,4H2,(H2,13,14,15). The maximum atomic E-state index is 5.95. The third-order valence-corrected chi connectivity index (χ3v) is 4.18. The number of nitrogen functional groups attached to an aromatic ring is 1. The highest BCUT2D eigenvalue weighted by atomic mass is 79.9. The van der Waals surface area contributed by atoms with Gasteiger partial charge in [0.25, 0.3) is 0 Å². The van der Waals surface area contributed by atoms with Crippen molar-refractivity contribution in [2.75, 3.05) is 12.3 Å². The number of fused-ring (bicyclic) bond motifs is 1. The summed E-state index contributed by atoms with van der Waals surface area (Å²) >= 11 is 5.05. The molecule has 6 heteroatoms. The van der Waals surface area contributed by atoms with Crippen LogP contribution >= 0.6 is 27.3 Å². The van der Waals surface area contributed by atoms with Crippen molar-refractivity contribution in [3.05, 3.63) is 26.5 Å². The predicted molar refractivity (Wildman–Crippen MR) is 70.8 cm³/mol. The molecule has 1 aliphatic rings. The molecule has 0 aliphatic carbocycles. The van der Waals surface area contributed by atoms with E-state index in [1.54, 1.807) is 11.3 Å². The largest absolute Gasteiger partial charge is 0.383 e. The van der Waals surface area contributed by atoms with Crippen LogP contribution in [0.15, 0.2) is 15.2 Å². The Morgan fingerprint density at radius 3 is 3.06 bits per heavy atom. The number of nitrogens with two attached hydrogens (primary N) is 1. The first kappa shape index (κ1) is 11.1. The molecule has 0 spiro atoms. The Morgan fingerprint density at radius 1 is 1.41 bits per heavy atom. The molecule has 0 saturated heterocycles. The van der Waals surface area contributed by atoms with Crippen molar-refractivity contribution < 1.29 is 4.74 Å². The van der Waals surface area contributed by atoms with Crippen LogP contribution in [-0.4, -0.2) is 16.6 Å². The van der Waals surface area contributed by atoms with Gasteiger partial charge >= 0.3 is 0 Å². The van der Waals surface area contributed by atoms with Crippen LogP contribution in [0, 0.1) is 0 Å². The maximum absolute atomic E-state index is 5.95. The Hall–Kier alpha value is -0.980. The Labute approximate surface area is 111 Å². The number of thiophene rings is 1. The molecule has 0 bridgehead atoms. The van der Waals surface area contributed by atoms with Crippen molar-refractivity contribution in [2.45, 2.75) is 13.0 Å². The number of rotatable bonds is 1. The van der Waals surface area contributed by atoms with Crippen molar-refractivity contribution in [1.29, 1.82) is 0 Å². The lowest BCUT2D eigenvalue weighted by Crippen LogP contribution is -2.16. The quantitative estimate of drug-likeness (QED) is 0.879. The molecule has 0 unspecified atom stereocenters. The number of nitrogens with zero attached hydrogens (tertiary/aromatic N) is 2. The zero-order valence-corrected chi connectivity index (χ0v) is 11.3. The minimum absolute atomic E-state index is 0.523. The molecule has 0 saturated carbocycles. The molecule has 3 rings (SSSR count). The summed E-state index contributed by atoms with van der Waals surface area (Å²) in [6, 6.07) is 2.01. The Kier molecular flexibility index (Phi) is 2.85. The molecule has 17 heavy (non-hydrogen) atoms. The zero-order valence-electron chi connectivity index (χ0n) is 8.94. The van der Waals surface area contributed by atoms with Crippen molar-refractivity contribution in [3.63, 3.8) is 0 Å². The third kappa shape index (κ3) is 2.08. The van der Waals surface area contributed by atoms with Crippen LogP contribution in [0.25, 0.3) is 11.4 Å². The zero-order chi connectivity index (χ0) is 11.8. The number of ether oxygens (including phenoxy) is 1. The summed E-state index contributed by atoms with van der Waals surface area (Å²) < 4.78 is 6.43. The molecule has 2 aromatic heterocycles. The predicted octanol–water partition coefficient (Wildman–Crippen LogP) is 2.62. The molecule has 0 amide bonds. The number of anilines is 1. The normalized spacial score (nSPS) is 14.6. The summed E-state index contributed by atoms with van der Waals surface area (Å²) in [6.45, 7) is 1.23. The first-order valence-electron chi connectivity index (χ1n) is 5.21. The maximum Gasteiger partial charge on any atom is 0.162 e. The second kappa shape index (κ2) is 4.36. The molecular formula is C11H10BrN3OS. The van der Waals surface area contributed by atoms with Crippen molar-refractivity contribution >= 4 is 33.1 Å². The summed E-state index contributed by atoms with van der Waals surface area (Å²) in [5.74, 6) is 1.23. The fourth-order valence-corrected chi connectivity index (χ4v) is 2.95. The first-order valence-corrected chi connectivity index (χ1v) is 6.89. The topological polar surface area (TPSA) is 61.0 Å². The van der Waals surface area contributed by atoms with Gasteiger partial charge in [-0.1, -0.05) is 0 Å². The Bertz CT molecular complexity index is 570. The molecule has 0 fully saturated rings. The molecule has 0 atom stereocenters. The molecular weight excluding hydrogens is 302 g/mol. The second-order valence-corrected chi connectivity index (χ2v) is 6.09. The summed E-state index contributed by atoms with van der Waals surface area (Å²) in [7, 11) is 0. The van der Waals surface area contributed by atoms with E-state index >= 15 is 0 Å². The highest BCUT2D eigenvalue weighted by Crippen LogP contribution is 2.29. The van der Waals surface area contributed by atoms with Crippen LogP contribution in [0.2, 0.25) is 0 Å². The molecule has 0 radical (unpaired) electrons. The fraction of sp³-hybridized carbons (Fsp3) is 0.273. The molecule has 1 aliphatic heterocycles. The molecule has 88 valence electrons. The van der Waals surface area contributed by atoms with Crippen LogP contribution < -0.4 is 5.73 Å². The van der Waals surface area contributed by atoms with Gasteiger partial charge in [0.05, 0.1) is 22.7 Å². The molecule has 3 heterocycles. The van der Waals surface area contributed by atoms with Crippen molar-refractivity contribution in [2.24, 2.45) is 0 Å². The molecule has 2 aromatic rings. The lowest BCUT2D eigenvalue weighted by Gasteiger charge is -2.17. The lowest BCUT2D eigenvalue weighted by atomic mass is 10.1. The molecule has 0 aromatic carbocycles. The van der Waals surface area contributed by atoms with E-state index < -0.39 is 0 Å². The summed E-state index contributed by atoms with van der Waals surface area (Å²) in [5, 5.41) is 2.02. The number of hydrogen-bond acceptors (Lipinski definition) is 5. The number of aromatic nitrogens is 2. The van der Waals surface area contributed by atoms with Gasteiger partial charge in [-0.25, -0.2) is 9.97 Å². The van der Waals surface area contributed by atoms with Crippen molar-refractivity contribution in [3.8, 4) is 11.4 Å². The summed E-state index contributed by atoms with van der Waals surface area (Å²) in [5.41, 5.74) is 8.90. The minimum Gasteiger partial charge on any atom is -0.383 e. The third-order valence-electron chi connectivity index (χ3n) is 2.68. The van der Waals surface area contributed by atoms with E-state index in [0.29, 0.717) is 24.9 Å². The van der Waals surface area contributed by atoms with E-state index in [1.165, 1.54) is 0 Å². The number of halogens is 1. The van der Waals surface area contributed by atoms with E-state index in [2.05, 4.69) is 25.9 Å². The van der Waals surface area contributed by atoms with Gasteiger partial charge in [-0.3, -0.25) is 0 Å². The van der Waals surface area contributed by atoms with Gasteiger partial charge in [0, 0.05) is 22.9 Å². The first-order chi connectivity index (χ1) is 8.24. The smallest absolute Gasteiger partial charge is 0.162 e. The van der Waals surface area contributed by atoms with Gasteiger partial charge in [0.2, 0.25) is 0 Å². The van der Waals surface area contributed by atoms with Crippen molar-refractivity contribution in [1.82, 2.24) is 9.97 Å². The van der Waals surface area contributed by atoms with Gasteiger partial charge in [-0.2, -0.15) is 0 Å². The number of hydrogen-bond donors (Lipinski definition) is 1. The SMILES string of the molecule is Nc1nc(-c2csc(Br)c2)nc2c1COCC2. The van der Waals surface area contributed by atoms with E-state index in [-0.39, 0.29) is 0 Å². The minimum atomic E-state index is 0.523. The highest BCUT2D eigenvalue weighted by Gasteiger charge is 2.17. The summed E-state index contributed by atoms with van der Waals surface area (Å²) in [6.07, 6.45) is 0.806. The Morgan fingerprint density at radius 2 is 2.29 bits per heavy atom. The average molecular weight is 312 g/mol. The lowest BCUT2D eigenvalue weighted by molar-refractivity contribution is 0.109. The van der Waals surface area contributed by atoms with E-state index in [0.717, 1.165) is 27.0 Å². The van der Waals surface area contributed by atoms with Crippen LogP contribution in [-0.2, 0) is 17.8 Å². The van der Waals surface area contributed by atoms with E-state index in [4.69, 9.17) is 10.5 Å². The average Bonchev–Trinajstić information content (AvgIpc) is 2.76. The van der Waals surface area contributed by atoms with Crippen LogP contribution in [0.5, 0.6) is 0 Å². The van der Waals surface area contributed by atoms with E-state index in [1.807, 2.05) is 11.4 Å². The highest BCUT2D eigenvalue weighted by molar-refractivity contribution is 9.11. The molecule has 2 N–H and O–H groups in total. The molecule has 4 nitrogen and oxygen atoms in total. The van der Waals surface area contributed by atoms with Crippen LogP contribution in [0.4, 0.5) is 5.82 Å². The fourth-order valence-electron chi connectivity index (χ4n) is 1.81. The second-order valence-electron chi connectivity index (χ2n) is 3.80.